The van der Waals surface area contributed by atoms with Crippen LogP contribution in [0.5, 0.6) is 0 Å². The molecule has 0 aliphatic rings. The lowest BCUT2D eigenvalue weighted by Gasteiger charge is -2.24. The average molecular weight is 475 g/mol. The summed E-state index contributed by atoms with van der Waals surface area (Å²) in [6.07, 6.45) is -5.61. The summed E-state index contributed by atoms with van der Waals surface area (Å²) in [6, 6.07) is 9.37. The summed E-state index contributed by atoms with van der Waals surface area (Å²) in [6.45, 7) is 1.18. The number of carbonyl (C=O) groups is 1. The van der Waals surface area contributed by atoms with Crippen molar-refractivity contribution in [2.75, 3.05) is 10.1 Å². The van der Waals surface area contributed by atoms with Crippen LogP contribution >= 0.6 is 11.3 Å². The van der Waals surface area contributed by atoms with Gasteiger partial charge in [-0.1, -0.05) is 24.3 Å². The Morgan fingerprint density at radius 3 is 2.45 bits per heavy atom. The molecule has 0 amide bonds. The fourth-order valence-corrected chi connectivity index (χ4v) is 6.03. The van der Waals surface area contributed by atoms with Crippen molar-refractivity contribution in [3.05, 3.63) is 65.0 Å². The molecule has 1 aromatic heterocycles. The lowest BCUT2D eigenvalue weighted by Crippen LogP contribution is -2.33. The molecule has 0 bridgehead atoms. The molecule has 3 aromatic rings. The van der Waals surface area contributed by atoms with Crippen LogP contribution in [-0.4, -0.2) is 25.2 Å². The quantitative estimate of drug-likeness (QED) is 0.478. The van der Waals surface area contributed by atoms with Crippen LogP contribution in [0, 0.1) is 12.7 Å². The second-order valence-corrected chi connectivity index (χ2v) is 9.85. The van der Waals surface area contributed by atoms with Crippen LogP contribution in [0.4, 0.5) is 22.6 Å². The van der Waals surface area contributed by atoms with Crippen LogP contribution in [0.15, 0.2) is 42.5 Å². The zero-order valence-corrected chi connectivity index (χ0v) is 17.7. The zero-order valence-electron chi connectivity index (χ0n) is 16.1. The number of hydrogen-bond donors (Lipinski definition) is 1. The average Bonchev–Trinajstić information content (AvgIpc) is 3.01. The number of halogens is 4. The summed E-state index contributed by atoms with van der Waals surface area (Å²) < 4.78 is 80.6. The number of alkyl halides is 3. The fraction of sp³-hybridized carbons (Fsp3) is 0.250. The van der Waals surface area contributed by atoms with Gasteiger partial charge >= 0.3 is 12.1 Å². The van der Waals surface area contributed by atoms with Crippen molar-refractivity contribution in [3.63, 3.8) is 0 Å². The number of benzene rings is 2. The van der Waals surface area contributed by atoms with Gasteiger partial charge in [0.05, 0.1) is 24.3 Å². The molecular formula is C20H17F4NO4S2. The van der Waals surface area contributed by atoms with Crippen molar-refractivity contribution < 1.29 is 35.9 Å². The number of anilines is 1. The van der Waals surface area contributed by atoms with Gasteiger partial charge in [0.25, 0.3) is 0 Å². The zero-order chi connectivity index (χ0) is 23.0. The summed E-state index contributed by atoms with van der Waals surface area (Å²) in [5, 5.41) is 9.94. The Morgan fingerprint density at radius 2 is 1.84 bits per heavy atom. The SMILES string of the molecule is Cc1c(N(Cc2ccc(F)c(C(F)(F)F)c2)S(=O)(=O)CCC(=O)O)sc2ccccc12. The highest BCUT2D eigenvalue weighted by Gasteiger charge is 2.35. The monoisotopic (exact) mass is 475 g/mol. The van der Waals surface area contributed by atoms with E-state index in [9.17, 15) is 30.8 Å². The van der Waals surface area contributed by atoms with Crippen molar-refractivity contribution in [3.8, 4) is 0 Å². The maximum Gasteiger partial charge on any atom is 0.419 e. The molecule has 0 spiro atoms. The first-order valence-corrected chi connectivity index (χ1v) is 11.4. The van der Waals surface area contributed by atoms with Crippen molar-refractivity contribution in [2.24, 2.45) is 0 Å². The number of fused-ring (bicyclic) bond motifs is 1. The predicted molar refractivity (Wildman–Crippen MR) is 110 cm³/mol. The molecule has 166 valence electrons. The van der Waals surface area contributed by atoms with E-state index in [1.807, 2.05) is 0 Å². The van der Waals surface area contributed by atoms with Gasteiger partial charge in [0.2, 0.25) is 10.0 Å². The number of sulfonamides is 1. The molecule has 5 nitrogen and oxygen atoms in total. The van der Waals surface area contributed by atoms with Crippen molar-refractivity contribution in [1.82, 2.24) is 0 Å². The molecular weight excluding hydrogens is 458 g/mol. The first kappa shape index (κ1) is 23.0. The lowest BCUT2D eigenvalue weighted by atomic mass is 10.1. The molecule has 0 saturated carbocycles. The Kier molecular flexibility index (Phi) is 6.28. The number of carboxylic acids is 1. The highest BCUT2D eigenvalue weighted by molar-refractivity contribution is 7.93. The van der Waals surface area contributed by atoms with E-state index >= 15 is 0 Å². The van der Waals surface area contributed by atoms with Crippen molar-refractivity contribution in [2.45, 2.75) is 26.1 Å². The molecule has 0 atom stereocenters. The lowest BCUT2D eigenvalue weighted by molar-refractivity contribution is -0.140. The van der Waals surface area contributed by atoms with Crippen LogP contribution in [0.2, 0.25) is 0 Å². The Bertz CT molecular complexity index is 1240. The Morgan fingerprint density at radius 1 is 1.16 bits per heavy atom. The number of nitrogens with zero attached hydrogens (tertiary/aromatic N) is 1. The van der Waals surface area contributed by atoms with Gasteiger partial charge in [0.15, 0.2) is 0 Å². The maximum atomic E-state index is 13.7. The van der Waals surface area contributed by atoms with E-state index in [1.165, 1.54) is 0 Å². The Hall–Kier alpha value is -2.66. The van der Waals surface area contributed by atoms with Gasteiger partial charge in [-0.05, 0) is 41.6 Å². The number of thiophene rings is 1. The van der Waals surface area contributed by atoms with Gasteiger partial charge in [-0.15, -0.1) is 11.3 Å². The molecule has 11 heteroatoms. The van der Waals surface area contributed by atoms with Crippen LogP contribution in [0.3, 0.4) is 0 Å². The minimum Gasteiger partial charge on any atom is -0.481 e. The van der Waals surface area contributed by atoms with Gasteiger partial charge < -0.3 is 5.11 Å². The standard InChI is InChI=1S/C20H17F4NO4S2/c1-12-14-4-2-3-5-17(14)30-19(12)25(31(28,29)9-8-18(26)27)11-13-6-7-16(21)15(10-13)20(22,23)24/h2-7,10H,8-9,11H2,1H3,(H,26,27). The fourth-order valence-electron chi connectivity index (χ4n) is 3.08. The second-order valence-electron chi connectivity index (χ2n) is 6.81. The van der Waals surface area contributed by atoms with Gasteiger partial charge in [0.1, 0.15) is 10.8 Å². The molecule has 0 saturated heterocycles. The molecule has 0 radical (unpaired) electrons. The highest BCUT2D eigenvalue weighted by Crippen LogP contribution is 2.40. The van der Waals surface area contributed by atoms with Crippen LogP contribution in [-0.2, 0) is 27.5 Å². The largest absolute Gasteiger partial charge is 0.481 e. The van der Waals surface area contributed by atoms with E-state index in [4.69, 9.17) is 5.11 Å². The van der Waals surface area contributed by atoms with Crippen molar-refractivity contribution in [1.29, 1.82) is 0 Å². The third kappa shape index (κ3) is 4.99. The van der Waals surface area contributed by atoms with Crippen molar-refractivity contribution >= 4 is 42.4 Å². The predicted octanol–water partition coefficient (Wildman–Crippen LogP) is 5.18. The minimum atomic E-state index is -4.94. The van der Waals surface area contributed by atoms with Gasteiger partial charge in [0, 0.05) is 4.70 Å². The number of carboxylic acid groups (broad SMARTS) is 1. The van der Waals surface area contributed by atoms with E-state index in [1.54, 1.807) is 31.2 Å². The summed E-state index contributed by atoms with van der Waals surface area (Å²) in [4.78, 5) is 10.9. The third-order valence-corrected chi connectivity index (χ3v) is 7.73. The second kappa shape index (κ2) is 8.46. The van der Waals surface area contributed by atoms with E-state index < -0.39 is 52.3 Å². The smallest absolute Gasteiger partial charge is 0.419 e. The Balaban J connectivity index is 2.11. The summed E-state index contributed by atoms with van der Waals surface area (Å²) in [5.74, 6) is -3.52. The van der Waals surface area contributed by atoms with Gasteiger partial charge in [-0.25, -0.2) is 12.8 Å². The van der Waals surface area contributed by atoms with Gasteiger partial charge in [-0.2, -0.15) is 13.2 Å². The van der Waals surface area contributed by atoms with Crippen LogP contribution in [0.1, 0.15) is 23.1 Å². The number of rotatable bonds is 7. The van der Waals surface area contributed by atoms with Crippen LogP contribution in [0.25, 0.3) is 10.1 Å². The minimum absolute atomic E-state index is 0.0792. The first-order valence-electron chi connectivity index (χ1n) is 8.96. The topological polar surface area (TPSA) is 74.7 Å². The molecule has 1 N–H and O–H groups in total. The molecule has 3 rings (SSSR count). The number of hydrogen-bond acceptors (Lipinski definition) is 4. The third-order valence-electron chi connectivity index (χ3n) is 4.62. The molecule has 0 unspecified atom stereocenters. The van der Waals surface area contributed by atoms with E-state index in [-0.39, 0.29) is 10.6 Å². The van der Waals surface area contributed by atoms with Gasteiger partial charge in [-0.3, -0.25) is 9.10 Å². The maximum absolute atomic E-state index is 13.7. The summed E-state index contributed by atoms with van der Waals surface area (Å²) in [7, 11) is -4.21. The molecule has 2 aromatic carbocycles. The van der Waals surface area contributed by atoms with E-state index in [2.05, 4.69) is 0 Å². The van der Waals surface area contributed by atoms with E-state index in [0.29, 0.717) is 17.7 Å². The first-order chi connectivity index (χ1) is 14.4. The normalized spacial score (nSPS) is 12.3. The molecule has 1 heterocycles. The number of aryl methyl sites for hydroxylation is 1. The molecule has 0 fully saturated rings. The summed E-state index contributed by atoms with van der Waals surface area (Å²) >= 11 is 1.13. The molecule has 0 aliphatic carbocycles. The number of aliphatic carboxylic acids is 1. The van der Waals surface area contributed by atoms with E-state index in [0.717, 1.165) is 31.8 Å². The van der Waals surface area contributed by atoms with Crippen LogP contribution < -0.4 is 4.31 Å². The highest BCUT2D eigenvalue weighted by atomic mass is 32.2. The summed E-state index contributed by atoms with van der Waals surface area (Å²) in [5.41, 5.74) is -0.983. The Labute approximate surface area is 179 Å². The molecule has 31 heavy (non-hydrogen) atoms. The molecule has 0 aliphatic heterocycles.